The summed E-state index contributed by atoms with van der Waals surface area (Å²) in [5.41, 5.74) is -0.0488. The van der Waals surface area contributed by atoms with Crippen molar-refractivity contribution in [3.63, 3.8) is 0 Å². The van der Waals surface area contributed by atoms with Crippen LogP contribution in [0.5, 0.6) is 11.5 Å². The van der Waals surface area contributed by atoms with E-state index >= 15 is 0 Å². The molecule has 0 radical (unpaired) electrons. The standard InChI is InChI=1S/C14H21NO4.C13H11Cl2NO2/c1-5-17-12-8-7-11(9-13(12)18-6-2)15-14(16)19-10(3)4;1-12-6-13(12,2)11(18)16(10(12)17)9-4-7(14)3-8(15)5-9/h7-10H,5-6H2,1-4H3,(H,15,16);3-5H,6H2,1-2H3. The highest BCUT2D eigenvalue weighted by atomic mass is 35.5. The van der Waals surface area contributed by atoms with Crippen LogP contribution in [0.3, 0.4) is 0 Å². The van der Waals surface area contributed by atoms with Crippen molar-refractivity contribution in [3.05, 3.63) is 46.4 Å². The Labute approximate surface area is 227 Å². The van der Waals surface area contributed by atoms with Crippen LogP contribution in [0, 0.1) is 10.8 Å². The predicted molar refractivity (Wildman–Crippen MR) is 144 cm³/mol. The number of carbonyl (C=O) groups is 3. The first-order valence-corrected chi connectivity index (χ1v) is 12.8. The predicted octanol–water partition coefficient (Wildman–Crippen LogP) is 6.72. The molecule has 37 heavy (non-hydrogen) atoms. The topological polar surface area (TPSA) is 94.2 Å². The normalized spacial score (nSPS) is 21.7. The Balaban J connectivity index is 0.000000206. The second-order valence-corrected chi connectivity index (χ2v) is 10.4. The van der Waals surface area contributed by atoms with Gasteiger partial charge in [-0.3, -0.25) is 14.9 Å². The van der Waals surface area contributed by atoms with Crippen molar-refractivity contribution in [3.8, 4) is 11.5 Å². The first kappa shape index (κ1) is 28.6. The van der Waals surface area contributed by atoms with E-state index in [4.69, 9.17) is 37.4 Å². The minimum Gasteiger partial charge on any atom is -0.490 e. The number of hydrogen-bond acceptors (Lipinski definition) is 6. The van der Waals surface area contributed by atoms with Crippen LogP contribution >= 0.6 is 23.2 Å². The van der Waals surface area contributed by atoms with Gasteiger partial charge in [-0.2, -0.15) is 0 Å². The second kappa shape index (κ2) is 11.2. The van der Waals surface area contributed by atoms with E-state index in [9.17, 15) is 14.4 Å². The molecule has 0 spiro atoms. The summed E-state index contributed by atoms with van der Waals surface area (Å²) in [6.45, 7) is 12.1. The highest BCUT2D eigenvalue weighted by Gasteiger charge is 2.77. The van der Waals surface area contributed by atoms with E-state index in [2.05, 4.69) is 5.32 Å². The van der Waals surface area contributed by atoms with Gasteiger partial charge in [0.05, 0.1) is 35.8 Å². The highest BCUT2D eigenvalue weighted by Crippen LogP contribution is 2.69. The van der Waals surface area contributed by atoms with Gasteiger partial charge in [-0.15, -0.1) is 0 Å². The number of piperidine rings is 1. The molecule has 0 bridgehead atoms. The van der Waals surface area contributed by atoms with Gasteiger partial charge in [-0.25, -0.2) is 9.69 Å². The smallest absolute Gasteiger partial charge is 0.411 e. The fourth-order valence-electron chi connectivity index (χ4n) is 4.27. The Bertz CT molecular complexity index is 1160. The average Bonchev–Trinajstić information content (AvgIpc) is 3.34. The number of ether oxygens (including phenoxy) is 3. The molecule has 0 aromatic heterocycles. The van der Waals surface area contributed by atoms with Crippen LogP contribution in [-0.2, 0) is 14.3 Å². The van der Waals surface area contributed by atoms with Crippen LogP contribution in [0.4, 0.5) is 16.2 Å². The number of fused-ring (bicyclic) bond motifs is 1. The largest absolute Gasteiger partial charge is 0.490 e. The Kier molecular flexibility index (Phi) is 8.65. The Morgan fingerprint density at radius 3 is 2.00 bits per heavy atom. The number of hydrogen-bond donors (Lipinski definition) is 1. The van der Waals surface area contributed by atoms with Crippen LogP contribution in [0.25, 0.3) is 0 Å². The average molecular weight is 551 g/mol. The molecule has 2 fully saturated rings. The van der Waals surface area contributed by atoms with Crippen molar-refractivity contribution in [2.24, 2.45) is 10.8 Å². The van der Waals surface area contributed by atoms with Crippen molar-refractivity contribution in [2.45, 2.75) is 54.1 Å². The van der Waals surface area contributed by atoms with Crippen LogP contribution in [-0.4, -0.2) is 37.2 Å². The second-order valence-electron chi connectivity index (χ2n) is 9.52. The van der Waals surface area contributed by atoms with Gasteiger partial charge in [0.2, 0.25) is 11.8 Å². The Morgan fingerprint density at radius 2 is 1.49 bits per heavy atom. The van der Waals surface area contributed by atoms with Gasteiger partial charge in [0.25, 0.3) is 0 Å². The molecule has 1 saturated heterocycles. The summed E-state index contributed by atoms with van der Waals surface area (Å²) in [5, 5.41) is 3.47. The van der Waals surface area contributed by atoms with Crippen molar-refractivity contribution >= 4 is 52.5 Å². The minimum absolute atomic E-state index is 0.158. The molecule has 1 N–H and O–H groups in total. The number of carbonyl (C=O) groups excluding carboxylic acids is 3. The third-order valence-corrected chi connectivity index (χ3v) is 6.82. The van der Waals surface area contributed by atoms with E-state index in [1.54, 1.807) is 50.2 Å². The van der Waals surface area contributed by atoms with Crippen LogP contribution < -0.4 is 19.7 Å². The van der Waals surface area contributed by atoms with Gasteiger partial charge in [0, 0.05) is 21.8 Å². The van der Waals surface area contributed by atoms with E-state index < -0.39 is 16.9 Å². The number of benzene rings is 2. The summed E-state index contributed by atoms with van der Waals surface area (Å²) in [6, 6.07) is 9.97. The van der Waals surface area contributed by atoms with Crippen LogP contribution in [0.1, 0.15) is 48.0 Å². The summed E-state index contributed by atoms with van der Waals surface area (Å²) >= 11 is 11.8. The maximum atomic E-state index is 12.3. The zero-order valence-corrected chi connectivity index (χ0v) is 23.3. The molecule has 3 amide bonds. The molecule has 4 rings (SSSR count). The van der Waals surface area contributed by atoms with Gasteiger partial charge >= 0.3 is 6.09 Å². The van der Waals surface area contributed by atoms with Crippen molar-refractivity contribution < 1.29 is 28.6 Å². The molecule has 2 aromatic carbocycles. The number of nitrogens with zero attached hydrogens (tertiary/aromatic N) is 1. The highest BCUT2D eigenvalue weighted by molar-refractivity contribution is 6.36. The van der Waals surface area contributed by atoms with Gasteiger partial charge in [-0.05, 0) is 78.3 Å². The summed E-state index contributed by atoms with van der Waals surface area (Å²) in [7, 11) is 0. The van der Waals surface area contributed by atoms with E-state index in [0.717, 1.165) is 0 Å². The summed E-state index contributed by atoms with van der Waals surface area (Å²) in [6.07, 6.45) is -0.0155. The van der Waals surface area contributed by atoms with Crippen molar-refractivity contribution in [1.82, 2.24) is 0 Å². The molecule has 8 nitrogen and oxygen atoms in total. The van der Waals surface area contributed by atoms with Crippen molar-refractivity contribution in [1.29, 1.82) is 0 Å². The maximum Gasteiger partial charge on any atom is 0.411 e. The lowest BCUT2D eigenvalue weighted by Gasteiger charge is -2.19. The zero-order chi connectivity index (χ0) is 27.5. The molecule has 1 aliphatic carbocycles. The number of amides is 3. The molecule has 1 saturated carbocycles. The summed E-state index contributed by atoms with van der Waals surface area (Å²) in [5.74, 6) is 0.945. The number of nitrogens with one attached hydrogen (secondary N) is 1. The lowest BCUT2D eigenvalue weighted by Crippen LogP contribution is -2.35. The maximum absolute atomic E-state index is 12.3. The molecule has 1 aliphatic heterocycles. The molecule has 2 unspecified atom stereocenters. The van der Waals surface area contributed by atoms with Gasteiger partial charge in [-0.1, -0.05) is 23.2 Å². The molecule has 200 valence electrons. The van der Waals surface area contributed by atoms with Crippen LogP contribution in [0.15, 0.2) is 36.4 Å². The number of halogens is 2. The summed E-state index contributed by atoms with van der Waals surface area (Å²) in [4.78, 5) is 37.4. The molecule has 1 heterocycles. The molecular weight excluding hydrogens is 519 g/mol. The molecule has 10 heteroatoms. The van der Waals surface area contributed by atoms with E-state index in [1.165, 1.54) is 4.90 Å². The molecule has 2 aliphatic rings. The Morgan fingerprint density at radius 1 is 0.946 bits per heavy atom. The zero-order valence-electron chi connectivity index (χ0n) is 21.8. The number of anilines is 2. The van der Waals surface area contributed by atoms with E-state index in [0.29, 0.717) is 52.6 Å². The van der Waals surface area contributed by atoms with Gasteiger partial charge in [0.15, 0.2) is 11.5 Å². The van der Waals surface area contributed by atoms with E-state index in [-0.39, 0.29) is 17.9 Å². The third-order valence-electron chi connectivity index (χ3n) is 6.39. The van der Waals surface area contributed by atoms with Crippen LogP contribution in [0.2, 0.25) is 10.0 Å². The van der Waals surface area contributed by atoms with Crippen molar-refractivity contribution in [2.75, 3.05) is 23.4 Å². The number of imide groups is 1. The van der Waals surface area contributed by atoms with Gasteiger partial charge in [0.1, 0.15) is 0 Å². The number of rotatable bonds is 7. The quantitative estimate of drug-likeness (QED) is 0.384. The minimum atomic E-state index is -0.557. The first-order chi connectivity index (χ1) is 17.4. The molecule has 2 atom stereocenters. The summed E-state index contributed by atoms with van der Waals surface area (Å²) < 4.78 is 15.9. The first-order valence-electron chi connectivity index (χ1n) is 12.1. The fourth-order valence-corrected chi connectivity index (χ4v) is 4.78. The lowest BCUT2D eigenvalue weighted by atomic mass is 10.00. The molecular formula is C27H32Cl2N2O6. The Hall–Kier alpha value is -2.97. The fraction of sp³-hybridized carbons (Fsp3) is 0.444. The van der Waals surface area contributed by atoms with E-state index in [1.807, 2.05) is 27.7 Å². The lowest BCUT2D eigenvalue weighted by molar-refractivity contribution is -0.125. The monoisotopic (exact) mass is 550 g/mol. The third kappa shape index (κ3) is 5.96. The van der Waals surface area contributed by atoms with Gasteiger partial charge < -0.3 is 14.2 Å². The molecule has 2 aromatic rings. The SMILES string of the molecule is CC12CC1(C)C(=O)N(c1cc(Cl)cc(Cl)c1)C2=O.CCOc1ccc(NC(=O)OC(C)C)cc1OCC.